The molecule has 0 unspecified atom stereocenters. The van der Waals surface area contributed by atoms with Gasteiger partial charge in [0.1, 0.15) is 5.03 Å². The lowest BCUT2D eigenvalue weighted by molar-refractivity contribution is -0.119. The molecule has 2 amide bonds. The molecular formula is C21H25N3O2S. The smallest absolute Gasteiger partial charge is 0.251 e. The number of aryl methyl sites for hydroxylation is 2. The molecule has 0 saturated heterocycles. The van der Waals surface area contributed by atoms with Gasteiger partial charge in [0.2, 0.25) is 5.91 Å². The Bertz CT molecular complexity index is 895. The maximum atomic E-state index is 12.5. The molecule has 142 valence electrons. The summed E-state index contributed by atoms with van der Waals surface area (Å²) in [5.41, 5.74) is 11.1. The lowest BCUT2D eigenvalue weighted by Crippen LogP contribution is -2.32. The molecule has 5 nitrogen and oxygen atoms in total. The molecule has 1 aromatic carbocycles. The van der Waals surface area contributed by atoms with Crippen LogP contribution in [0.3, 0.4) is 0 Å². The first-order chi connectivity index (χ1) is 12.9. The fourth-order valence-corrected chi connectivity index (χ4v) is 4.53. The van der Waals surface area contributed by atoms with E-state index in [4.69, 9.17) is 5.73 Å². The molecule has 3 rings (SSSR count). The van der Waals surface area contributed by atoms with Crippen LogP contribution in [0.5, 0.6) is 0 Å². The molecule has 27 heavy (non-hydrogen) atoms. The fourth-order valence-electron chi connectivity index (χ4n) is 3.58. The van der Waals surface area contributed by atoms with E-state index in [1.165, 1.54) is 22.9 Å². The van der Waals surface area contributed by atoms with Crippen LogP contribution in [-0.4, -0.2) is 22.6 Å². The second-order valence-electron chi connectivity index (χ2n) is 6.99. The highest BCUT2D eigenvalue weighted by Crippen LogP contribution is 2.30. The minimum atomic E-state index is -0.507. The van der Waals surface area contributed by atoms with Gasteiger partial charge in [-0.3, -0.25) is 9.59 Å². The number of hydrogen-bond acceptors (Lipinski definition) is 4. The summed E-state index contributed by atoms with van der Waals surface area (Å²) in [5.74, 6) is -0.365. The molecule has 0 spiro atoms. The lowest BCUT2D eigenvalue weighted by Gasteiger charge is -2.26. The largest absolute Gasteiger partial charge is 0.366 e. The Hall–Kier alpha value is -2.34. The summed E-state index contributed by atoms with van der Waals surface area (Å²) in [4.78, 5) is 28.9. The minimum Gasteiger partial charge on any atom is -0.366 e. The van der Waals surface area contributed by atoms with Crippen molar-refractivity contribution in [3.05, 3.63) is 57.8 Å². The SMILES string of the molecule is Cc1nc(SCC(=O)N[C@@H]2CCCc3ccccc32)c(C(N)=O)c(C)c1C. The number of nitrogens with two attached hydrogens (primary N) is 1. The van der Waals surface area contributed by atoms with Crippen LogP contribution < -0.4 is 11.1 Å². The summed E-state index contributed by atoms with van der Waals surface area (Å²) in [7, 11) is 0. The topological polar surface area (TPSA) is 85.1 Å². The van der Waals surface area contributed by atoms with Crippen LogP contribution in [0.2, 0.25) is 0 Å². The van der Waals surface area contributed by atoms with Crippen molar-refractivity contribution in [2.24, 2.45) is 5.73 Å². The number of primary amides is 1. The van der Waals surface area contributed by atoms with Gasteiger partial charge in [-0.1, -0.05) is 36.0 Å². The quantitative estimate of drug-likeness (QED) is 0.775. The number of aromatic nitrogens is 1. The highest BCUT2D eigenvalue weighted by Gasteiger charge is 2.22. The van der Waals surface area contributed by atoms with Crippen LogP contribution in [0.15, 0.2) is 29.3 Å². The van der Waals surface area contributed by atoms with Crippen LogP contribution in [0, 0.1) is 20.8 Å². The van der Waals surface area contributed by atoms with Crippen molar-refractivity contribution in [1.29, 1.82) is 0 Å². The molecule has 0 aliphatic heterocycles. The van der Waals surface area contributed by atoms with Crippen LogP contribution >= 0.6 is 11.8 Å². The monoisotopic (exact) mass is 383 g/mol. The van der Waals surface area contributed by atoms with Crippen molar-refractivity contribution >= 4 is 23.6 Å². The number of benzene rings is 1. The first kappa shape index (κ1) is 19.4. The normalized spacial score (nSPS) is 15.9. The minimum absolute atomic E-state index is 0.0492. The van der Waals surface area contributed by atoms with Crippen molar-refractivity contribution in [3.63, 3.8) is 0 Å². The maximum Gasteiger partial charge on any atom is 0.251 e. The summed E-state index contributed by atoms with van der Waals surface area (Å²) in [5, 5.41) is 3.66. The van der Waals surface area contributed by atoms with Gasteiger partial charge in [-0.15, -0.1) is 0 Å². The molecule has 0 radical (unpaired) electrons. The number of carbonyl (C=O) groups is 2. The van der Waals surface area contributed by atoms with Gasteiger partial charge in [-0.2, -0.15) is 0 Å². The number of pyridine rings is 1. The Morgan fingerprint density at radius 1 is 1.22 bits per heavy atom. The molecule has 1 heterocycles. The van der Waals surface area contributed by atoms with E-state index in [1.54, 1.807) is 0 Å². The number of hydrogen-bond donors (Lipinski definition) is 2. The lowest BCUT2D eigenvalue weighted by atomic mass is 9.88. The van der Waals surface area contributed by atoms with Crippen molar-refractivity contribution in [1.82, 2.24) is 10.3 Å². The molecule has 6 heteroatoms. The van der Waals surface area contributed by atoms with Crippen molar-refractivity contribution in [3.8, 4) is 0 Å². The Balaban J connectivity index is 1.71. The fraction of sp³-hybridized carbons (Fsp3) is 0.381. The van der Waals surface area contributed by atoms with E-state index in [1.807, 2.05) is 32.9 Å². The van der Waals surface area contributed by atoms with E-state index in [-0.39, 0.29) is 17.7 Å². The second-order valence-corrected chi connectivity index (χ2v) is 7.96. The molecule has 0 bridgehead atoms. The van der Waals surface area contributed by atoms with Gasteiger partial charge in [0.25, 0.3) is 5.91 Å². The average Bonchev–Trinajstić information content (AvgIpc) is 2.64. The van der Waals surface area contributed by atoms with Crippen molar-refractivity contribution in [2.75, 3.05) is 5.75 Å². The van der Waals surface area contributed by atoms with Gasteiger partial charge < -0.3 is 11.1 Å². The maximum absolute atomic E-state index is 12.5. The Kier molecular flexibility index (Phi) is 5.85. The molecular weight excluding hydrogens is 358 g/mol. The number of carbonyl (C=O) groups excluding carboxylic acids is 2. The van der Waals surface area contributed by atoms with E-state index >= 15 is 0 Å². The third-order valence-electron chi connectivity index (χ3n) is 5.25. The van der Waals surface area contributed by atoms with Crippen molar-refractivity contribution in [2.45, 2.75) is 51.1 Å². The van der Waals surface area contributed by atoms with E-state index in [2.05, 4.69) is 22.4 Å². The summed E-state index contributed by atoms with van der Waals surface area (Å²) in [6.07, 6.45) is 3.07. The summed E-state index contributed by atoms with van der Waals surface area (Å²) < 4.78 is 0. The van der Waals surface area contributed by atoms with E-state index in [0.717, 1.165) is 36.1 Å². The number of rotatable bonds is 5. The van der Waals surface area contributed by atoms with E-state index < -0.39 is 5.91 Å². The van der Waals surface area contributed by atoms with Gasteiger partial charge >= 0.3 is 0 Å². The highest BCUT2D eigenvalue weighted by molar-refractivity contribution is 8.00. The summed E-state index contributed by atoms with van der Waals surface area (Å²) in [6, 6.07) is 8.32. The van der Waals surface area contributed by atoms with Crippen LogP contribution in [-0.2, 0) is 11.2 Å². The van der Waals surface area contributed by atoms with Crippen LogP contribution in [0.4, 0.5) is 0 Å². The van der Waals surface area contributed by atoms with Crippen molar-refractivity contribution < 1.29 is 9.59 Å². The van der Waals surface area contributed by atoms with Crippen LogP contribution in [0.25, 0.3) is 0 Å². The number of thioether (sulfide) groups is 1. The van der Waals surface area contributed by atoms with Crippen LogP contribution in [0.1, 0.15) is 57.2 Å². The molecule has 2 aromatic rings. The number of nitrogens with one attached hydrogen (secondary N) is 1. The zero-order valence-corrected chi connectivity index (χ0v) is 16.8. The molecule has 1 atom stereocenters. The molecule has 1 aromatic heterocycles. The molecule has 0 saturated carbocycles. The van der Waals surface area contributed by atoms with E-state index in [0.29, 0.717) is 10.6 Å². The molecule has 0 fully saturated rings. The van der Waals surface area contributed by atoms with Gasteiger partial charge in [-0.25, -0.2) is 4.98 Å². The second kappa shape index (κ2) is 8.13. The number of fused-ring (bicyclic) bond motifs is 1. The summed E-state index contributed by atoms with van der Waals surface area (Å²) >= 11 is 1.27. The van der Waals surface area contributed by atoms with E-state index in [9.17, 15) is 9.59 Å². The Morgan fingerprint density at radius 3 is 2.70 bits per heavy atom. The Labute approximate surface area is 164 Å². The highest BCUT2D eigenvalue weighted by atomic mass is 32.2. The average molecular weight is 384 g/mol. The molecule has 1 aliphatic rings. The zero-order valence-electron chi connectivity index (χ0n) is 16.0. The van der Waals surface area contributed by atoms with Gasteiger partial charge in [0.15, 0.2) is 0 Å². The third kappa shape index (κ3) is 4.16. The molecule has 3 N–H and O–H groups in total. The van der Waals surface area contributed by atoms with Gasteiger partial charge in [0.05, 0.1) is 17.4 Å². The number of nitrogens with zero attached hydrogens (tertiary/aromatic N) is 1. The first-order valence-corrected chi connectivity index (χ1v) is 10.1. The third-order valence-corrected chi connectivity index (χ3v) is 6.23. The van der Waals surface area contributed by atoms with Gasteiger partial charge in [-0.05, 0) is 62.3 Å². The number of amides is 2. The predicted octanol–water partition coefficient (Wildman–Crippen LogP) is 3.39. The standard InChI is InChI=1S/C21H25N3O2S/c1-12-13(2)19(20(22)26)21(23-14(12)3)27-11-18(25)24-17-10-6-8-15-7-4-5-9-16(15)17/h4-5,7,9,17H,6,8,10-11H2,1-3H3,(H2,22,26)(H,24,25)/t17-/m1/s1. The summed E-state index contributed by atoms with van der Waals surface area (Å²) in [6.45, 7) is 5.69. The predicted molar refractivity (Wildman–Crippen MR) is 108 cm³/mol. The first-order valence-electron chi connectivity index (χ1n) is 9.16. The Morgan fingerprint density at radius 2 is 1.96 bits per heavy atom. The van der Waals surface area contributed by atoms with Gasteiger partial charge in [0, 0.05) is 5.69 Å². The zero-order chi connectivity index (χ0) is 19.6. The molecule has 1 aliphatic carbocycles.